The molecule has 0 amide bonds. The second-order valence-electron chi connectivity index (χ2n) is 2.01. The lowest BCUT2D eigenvalue weighted by Crippen LogP contribution is -2.45. The minimum Gasteiger partial charge on any atom is -0.271 e. The summed E-state index contributed by atoms with van der Waals surface area (Å²) in [6.07, 6.45) is -22.7. The van der Waals surface area contributed by atoms with Gasteiger partial charge in [0, 0.05) is 0 Å². The van der Waals surface area contributed by atoms with Gasteiger partial charge in [-0.25, -0.2) is 0 Å². The van der Waals surface area contributed by atoms with Crippen LogP contribution in [0.3, 0.4) is 0 Å². The second-order valence-corrected chi connectivity index (χ2v) is 2.01. The monoisotopic (exact) mass is 233 g/mol. The summed E-state index contributed by atoms with van der Waals surface area (Å²) in [4.78, 5) is 0. The van der Waals surface area contributed by atoms with E-state index in [-0.39, 0.29) is 0 Å². The Kier molecular flexibility index (Phi) is 3.34. The van der Waals surface area contributed by atoms with Crippen molar-refractivity contribution in [2.45, 2.75) is 24.8 Å². The lowest BCUT2D eigenvalue weighted by Gasteiger charge is -2.22. The number of ether oxygens (including phenoxy) is 1. The highest BCUT2D eigenvalue weighted by Crippen LogP contribution is 2.39. The lowest BCUT2D eigenvalue weighted by molar-refractivity contribution is -0.456. The van der Waals surface area contributed by atoms with Crippen molar-refractivity contribution in [3.63, 3.8) is 0 Å². The van der Waals surface area contributed by atoms with Crippen molar-refractivity contribution in [3.8, 4) is 0 Å². The Bertz CT molecular complexity index is 192. The van der Waals surface area contributed by atoms with E-state index in [1.165, 1.54) is 0 Å². The van der Waals surface area contributed by atoms with Crippen molar-refractivity contribution < 1.29 is 45.0 Å². The number of halogens is 8. The van der Waals surface area contributed by atoms with Gasteiger partial charge in [-0.05, 0) is 0 Å². The van der Waals surface area contributed by atoms with E-state index < -0.39 is 24.8 Å². The van der Waals surface area contributed by atoms with Crippen molar-refractivity contribution >= 4 is 0 Å². The first-order chi connectivity index (χ1) is 5.88. The van der Waals surface area contributed by atoms with Crippen LogP contribution in [0.25, 0.3) is 0 Å². The Morgan fingerprint density at radius 3 is 1.43 bits per heavy atom. The molecule has 0 saturated carbocycles. The molecule has 0 N–H and O–H groups in total. The van der Waals surface area contributed by atoms with Gasteiger partial charge in [-0.3, -0.25) is 4.74 Å². The summed E-state index contributed by atoms with van der Waals surface area (Å²) < 4.78 is 92.6. The summed E-state index contributed by atoms with van der Waals surface area (Å²) in [7, 11) is 0. The van der Waals surface area contributed by atoms with Gasteiger partial charge < -0.3 is 0 Å². The summed E-state index contributed by atoms with van der Waals surface area (Å²) in [5.41, 5.74) is 0. The summed E-state index contributed by atoms with van der Waals surface area (Å²) in [5.74, 6) is 0. The van der Waals surface area contributed by atoms with Crippen molar-refractivity contribution in [3.05, 3.63) is 0 Å². The molecule has 1 unspecified atom stereocenters. The van der Waals surface area contributed by atoms with Gasteiger partial charge in [-0.1, -0.05) is 0 Å². The first-order valence-electron chi connectivity index (χ1n) is 2.73. The van der Waals surface area contributed by atoms with Gasteiger partial charge in [-0.2, -0.15) is 40.2 Å². The molecule has 14 heavy (non-hydrogen) atoms. The maximum absolute atomic E-state index is 11.7. The van der Waals surface area contributed by atoms with Crippen molar-refractivity contribution in [1.82, 2.24) is 0 Å². The summed E-state index contributed by atoms with van der Waals surface area (Å²) in [6.45, 7) is 0. The Labute approximate surface area is 71.1 Å². The van der Waals surface area contributed by atoms with Gasteiger partial charge in [0.25, 0.3) is 6.29 Å². The first kappa shape index (κ1) is 13.4. The predicted octanol–water partition coefficient (Wildman–Crippen LogP) is 2.48. The summed E-state index contributed by atoms with van der Waals surface area (Å²) in [6, 6.07) is 0. The van der Waals surface area contributed by atoms with Gasteiger partial charge in [0.05, 0.1) is 0 Å². The van der Waals surface area contributed by atoms with E-state index >= 15 is 0 Å². The average Bonchev–Trinajstić information content (AvgIpc) is 1.80. The summed E-state index contributed by atoms with van der Waals surface area (Å²) >= 11 is 0. The smallest absolute Gasteiger partial charge is 0.271 e. The molecule has 0 bridgehead atoms. The molecule has 0 saturated heterocycles. The largest absolute Gasteiger partial charge is 0.483 e. The first-order valence-corrected chi connectivity index (χ1v) is 2.73. The minimum atomic E-state index is -6.36. The normalized spacial score (nSPS) is 16.9. The van der Waals surface area contributed by atoms with Crippen LogP contribution in [0.1, 0.15) is 0 Å². The minimum absolute atomic E-state index is 2.03. The maximum atomic E-state index is 11.7. The zero-order valence-corrected chi connectivity index (χ0v) is 5.92. The number of hydrogen-bond donors (Lipinski definition) is 0. The molecule has 2 nitrogen and oxygen atoms in total. The standard InChI is InChI=1S/C4HF8O2/c5-2(6,7)1(13)14-4(11,12)3(8,9)10/h1H. The van der Waals surface area contributed by atoms with Crippen LogP contribution in [0.2, 0.25) is 0 Å². The predicted molar refractivity (Wildman–Crippen MR) is 22.6 cm³/mol. The van der Waals surface area contributed by atoms with E-state index in [4.69, 9.17) is 0 Å². The van der Waals surface area contributed by atoms with Crippen LogP contribution in [-0.4, -0.2) is 24.8 Å². The Balaban J connectivity index is 4.53. The number of alkyl halides is 8. The molecule has 0 aliphatic carbocycles. The highest BCUT2D eigenvalue weighted by Gasteiger charge is 2.63. The third-order valence-electron chi connectivity index (χ3n) is 0.852. The van der Waals surface area contributed by atoms with Crippen LogP contribution in [0, 0.1) is 0 Å². The molecular formula is C4HF8O2. The number of hydrogen-bond acceptors (Lipinski definition) is 1. The molecule has 0 aromatic heterocycles. The molecular weight excluding hydrogens is 232 g/mol. The maximum Gasteiger partial charge on any atom is 0.483 e. The zero-order valence-electron chi connectivity index (χ0n) is 5.92. The molecule has 0 aromatic carbocycles. The number of rotatable bonds is 2. The van der Waals surface area contributed by atoms with Gasteiger partial charge in [0.1, 0.15) is 0 Å². The van der Waals surface area contributed by atoms with E-state index in [1.54, 1.807) is 0 Å². The fraction of sp³-hybridized carbons (Fsp3) is 1.00. The van der Waals surface area contributed by atoms with Gasteiger partial charge in [-0.15, -0.1) is 0 Å². The van der Waals surface area contributed by atoms with Crippen LogP contribution in [0.5, 0.6) is 0 Å². The lowest BCUT2D eigenvalue weighted by atomic mass is 10.5. The average molecular weight is 233 g/mol. The molecule has 0 rings (SSSR count). The Morgan fingerprint density at radius 1 is 0.857 bits per heavy atom. The molecule has 0 spiro atoms. The van der Waals surface area contributed by atoms with E-state index in [0.717, 1.165) is 0 Å². The Morgan fingerprint density at radius 2 is 1.21 bits per heavy atom. The van der Waals surface area contributed by atoms with Gasteiger partial charge in [0.15, 0.2) is 0 Å². The van der Waals surface area contributed by atoms with Gasteiger partial charge in [0.2, 0.25) is 0 Å². The third-order valence-corrected chi connectivity index (χ3v) is 0.852. The fourth-order valence-corrected chi connectivity index (χ4v) is 0.268. The van der Waals surface area contributed by atoms with E-state index in [1.807, 2.05) is 4.74 Å². The van der Waals surface area contributed by atoms with Crippen LogP contribution in [0.4, 0.5) is 35.1 Å². The third kappa shape index (κ3) is 3.25. The molecule has 85 valence electrons. The molecule has 0 aromatic rings. The topological polar surface area (TPSA) is 29.1 Å². The Hall–Kier alpha value is -0.640. The van der Waals surface area contributed by atoms with Crippen molar-refractivity contribution in [2.24, 2.45) is 0 Å². The molecule has 0 aliphatic rings. The molecule has 0 aliphatic heterocycles. The van der Waals surface area contributed by atoms with Crippen LogP contribution >= 0.6 is 0 Å². The van der Waals surface area contributed by atoms with E-state index in [9.17, 15) is 40.2 Å². The molecule has 0 heterocycles. The van der Waals surface area contributed by atoms with Crippen molar-refractivity contribution in [1.29, 1.82) is 0 Å². The van der Waals surface area contributed by atoms with Crippen LogP contribution < -0.4 is 0 Å². The van der Waals surface area contributed by atoms with Crippen molar-refractivity contribution in [2.75, 3.05) is 0 Å². The highest BCUT2D eigenvalue weighted by molar-refractivity contribution is 4.67. The summed E-state index contributed by atoms with van der Waals surface area (Å²) in [5, 5.41) is 9.68. The second kappa shape index (κ2) is 3.50. The van der Waals surface area contributed by atoms with E-state index in [2.05, 4.69) is 0 Å². The highest BCUT2D eigenvalue weighted by atomic mass is 19.4. The molecule has 1 radical (unpaired) electrons. The fourth-order valence-electron chi connectivity index (χ4n) is 0.268. The van der Waals surface area contributed by atoms with Crippen LogP contribution in [-0.2, 0) is 9.84 Å². The quantitative estimate of drug-likeness (QED) is 0.532. The van der Waals surface area contributed by atoms with Gasteiger partial charge >= 0.3 is 18.5 Å². The van der Waals surface area contributed by atoms with Crippen LogP contribution in [0.15, 0.2) is 0 Å². The zero-order chi connectivity index (χ0) is 11.8. The van der Waals surface area contributed by atoms with E-state index in [0.29, 0.717) is 0 Å². The molecule has 1 atom stereocenters. The molecule has 10 heteroatoms. The SMILES string of the molecule is [O]C(OC(F)(F)C(F)(F)F)C(F)(F)F. The molecule has 0 fully saturated rings.